The van der Waals surface area contributed by atoms with Gasteiger partial charge in [0.25, 0.3) is 0 Å². The highest BCUT2D eigenvalue weighted by atomic mass is 35.5. The number of carbonyl (C=O) groups is 1. The third kappa shape index (κ3) is 5.14. The minimum Gasteiger partial charge on any atom is -0.342 e. The maximum Gasteiger partial charge on any atom is 0.227 e. The van der Waals surface area contributed by atoms with Crippen LogP contribution in [-0.2, 0) is 4.79 Å². The Balaban J connectivity index is 1.43. The molecule has 2 saturated heterocycles. The van der Waals surface area contributed by atoms with Gasteiger partial charge in [-0.05, 0) is 55.5 Å². The van der Waals surface area contributed by atoms with E-state index >= 15 is 0 Å². The SMILES string of the molecule is CCC=C(C1CCN(C(=O)C2CNCC2c2ccccc2C)CC1)N(N)c1ccc(F)c(Cl)c1. The summed E-state index contributed by atoms with van der Waals surface area (Å²) < 4.78 is 13.6. The van der Waals surface area contributed by atoms with Gasteiger partial charge in [-0.2, -0.15) is 0 Å². The Morgan fingerprint density at radius 2 is 1.97 bits per heavy atom. The van der Waals surface area contributed by atoms with Gasteiger partial charge < -0.3 is 10.2 Å². The number of benzene rings is 2. The van der Waals surface area contributed by atoms with E-state index in [-0.39, 0.29) is 28.7 Å². The summed E-state index contributed by atoms with van der Waals surface area (Å²) in [6.45, 7) is 7.17. The first kappa shape index (κ1) is 24.7. The highest BCUT2D eigenvalue weighted by Crippen LogP contribution is 2.35. The number of hydrogen-bond donors (Lipinski definition) is 2. The molecule has 0 bridgehead atoms. The summed E-state index contributed by atoms with van der Waals surface area (Å²) in [6, 6.07) is 12.9. The molecule has 2 fully saturated rings. The first-order valence-electron chi connectivity index (χ1n) is 12.2. The average molecular weight is 485 g/mol. The van der Waals surface area contributed by atoms with Crippen LogP contribution in [-0.4, -0.2) is 37.0 Å². The second-order valence-electron chi connectivity index (χ2n) is 9.33. The number of halogens is 2. The number of piperidine rings is 1. The van der Waals surface area contributed by atoms with E-state index < -0.39 is 5.82 Å². The Hall–Kier alpha value is -2.41. The van der Waals surface area contributed by atoms with Crippen LogP contribution < -0.4 is 16.2 Å². The molecule has 182 valence electrons. The standard InChI is InChI=1S/C27H34ClFN4O/c1-3-6-26(33(30)20-9-10-25(29)24(28)15-20)19-11-13-32(14-12-19)27(34)23-17-31-16-22(23)21-8-5-4-7-18(21)2/h4-10,15,19,22-23,31H,3,11-14,16-17,30H2,1-2H3. The Labute approximate surface area is 206 Å². The van der Waals surface area contributed by atoms with E-state index in [4.69, 9.17) is 17.4 Å². The summed E-state index contributed by atoms with van der Waals surface area (Å²) in [7, 11) is 0. The Bertz CT molecular complexity index is 1050. The summed E-state index contributed by atoms with van der Waals surface area (Å²) in [4.78, 5) is 15.5. The molecule has 4 rings (SSSR count). The number of nitrogens with one attached hydrogen (secondary N) is 1. The molecule has 2 atom stereocenters. The number of nitrogens with two attached hydrogens (primary N) is 1. The van der Waals surface area contributed by atoms with Gasteiger partial charge in [-0.1, -0.05) is 48.9 Å². The summed E-state index contributed by atoms with van der Waals surface area (Å²) in [6.07, 6.45) is 4.64. The maximum atomic E-state index is 13.6. The fraction of sp³-hybridized carbons (Fsp3) is 0.444. The summed E-state index contributed by atoms with van der Waals surface area (Å²) in [5.74, 6) is 6.65. The Morgan fingerprint density at radius 3 is 2.65 bits per heavy atom. The number of anilines is 1. The van der Waals surface area contributed by atoms with E-state index in [0.717, 1.165) is 38.0 Å². The summed E-state index contributed by atoms with van der Waals surface area (Å²) in [5.41, 5.74) is 4.16. The van der Waals surface area contributed by atoms with Gasteiger partial charge in [0.15, 0.2) is 0 Å². The lowest BCUT2D eigenvalue weighted by Crippen LogP contribution is -2.45. The molecule has 0 aliphatic carbocycles. The van der Waals surface area contributed by atoms with Crippen molar-refractivity contribution in [3.05, 3.63) is 76.2 Å². The van der Waals surface area contributed by atoms with Crippen molar-refractivity contribution in [1.29, 1.82) is 0 Å². The molecular weight excluding hydrogens is 451 g/mol. The van der Waals surface area contributed by atoms with E-state index in [1.54, 1.807) is 17.1 Å². The highest BCUT2D eigenvalue weighted by molar-refractivity contribution is 6.31. The second-order valence-corrected chi connectivity index (χ2v) is 9.74. The molecule has 7 heteroatoms. The first-order valence-corrected chi connectivity index (χ1v) is 12.5. The number of rotatable bonds is 6. The van der Waals surface area contributed by atoms with Gasteiger partial charge >= 0.3 is 0 Å². The van der Waals surface area contributed by atoms with Crippen molar-refractivity contribution in [3.8, 4) is 0 Å². The molecule has 2 aromatic rings. The number of hydrazine groups is 1. The van der Waals surface area contributed by atoms with Gasteiger partial charge in [-0.3, -0.25) is 9.80 Å². The number of aryl methyl sites for hydroxylation is 1. The van der Waals surface area contributed by atoms with Gasteiger partial charge in [0, 0.05) is 43.7 Å². The van der Waals surface area contributed by atoms with Gasteiger partial charge in [0.05, 0.1) is 16.6 Å². The van der Waals surface area contributed by atoms with Crippen LogP contribution in [0.15, 0.2) is 54.2 Å². The second kappa shape index (κ2) is 10.9. The van der Waals surface area contributed by atoms with Crippen molar-refractivity contribution in [2.45, 2.75) is 39.0 Å². The molecule has 3 N–H and O–H groups in total. The highest BCUT2D eigenvalue weighted by Gasteiger charge is 2.38. The monoisotopic (exact) mass is 484 g/mol. The van der Waals surface area contributed by atoms with Crippen LogP contribution in [0.1, 0.15) is 43.2 Å². The number of hydrogen-bond acceptors (Lipinski definition) is 4. The minimum atomic E-state index is -0.461. The molecular formula is C27H34ClFN4O. The zero-order valence-electron chi connectivity index (χ0n) is 19.9. The fourth-order valence-corrected chi connectivity index (χ4v) is 5.53. The fourth-order valence-electron chi connectivity index (χ4n) is 5.35. The third-order valence-electron chi connectivity index (χ3n) is 7.22. The molecule has 0 aromatic heterocycles. The molecule has 5 nitrogen and oxygen atoms in total. The van der Waals surface area contributed by atoms with E-state index in [1.165, 1.54) is 17.2 Å². The van der Waals surface area contributed by atoms with Gasteiger partial charge in [-0.25, -0.2) is 10.2 Å². The molecule has 0 radical (unpaired) electrons. The topological polar surface area (TPSA) is 61.6 Å². The molecule has 1 amide bonds. The van der Waals surface area contributed by atoms with Gasteiger partial charge in [-0.15, -0.1) is 0 Å². The predicted octanol–water partition coefficient (Wildman–Crippen LogP) is 5.00. The van der Waals surface area contributed by atoms with Crippen molar-refractivity contribution < 1.29 is 9.18 Å². The van der Waals surface area contributed by atoms with Crippen LogP contribution in [0.3, 0.4) is 0 Å². The normalized spacial score (nSPS) is 21.7. The molecule has 34 heavy (non-hydrogen) atoms. The van der Waals surface area contributed by atoms with Crippen LogP contribution >= 0.6 is 11.6 Å². The smallest absolute Gasteiger partial charge is 0.227 e. The number of amides is 1. The lowest BCUT2D eigenvalue weighted by Gasteiger charge is -2.37. The quantitative estimate of drug-likeness (QED) is 0.447. The zero-order valence-corrected chi connectivity index (χ0v) is 20.7. The number of allylic oxidation sites excluding steroid dienone is 2. The van der Waals surface area contributed by atoms with Crippen molar-refractivity contribution in [3.63, 3.8) is 0 Å². The van der Waals surface area contributed by atoms with Crippen LogP contribution in [0.2, 0.25) is 5.02 Å². The Morgan fingerprint density at radius 1 is 1.24 bits per heavy atom. The number of carbonyl (C=O) groups excluding carboxylic acids is 1. The van der Waals surface area contributed by atoms with E-state index in [1.807, 2.05) is 11.0 Å². The largest absolute Gasteiger partial charge is 0.342 e. The average Bonchev–Trinajstić information content (AvgIpc) is 3.33. The van der Waals surface area contributed by atoms with E-state index in [9.17, 15) is 9.18 Å². The predicted molar refractivity (Wildman–Crippen MR) is 136 cm³/mol. The number of nitrogens with zero attached hydrogens (tertiary/aromatic N) is 2. The number of likely N-dealkylation sites (tertiary alicyclic amines) is 1. The van der Waals surface area contributed by atoms with Gasteiger partial charge in [0.2, 0.25) is 5.91 Å². The minimum absolute atomic E-state index is 0.0318. The van der Waals surface area contributed by atoms with E-state index in [0.29, 0.717) is 18.8 Å². The summed E-state index contributed by atoms with van der Waals surface area (Å²) >= 11 is 5.98. The molecule has 2 aromatic carbocycles. The Kier molecular flexibility index (Phi) is 7.91. The molecule has 2 aliphatic rings. The molecule has 0 spiro atoms. The van der Waals surface area contributed by atoms with Crippen LogP contribution in [0.5, 0.6) is 0 Å². The first-order chi connectivity index (χ1) is 16.4. The zero-order chi connectivity index (χ0) is 24.2. The third-order valence-corrected chi connectivity index (χ3v) is 7.51. The maximum absolute atomic E-state index is 13.6. The van der Waals surface area contributed by atoms with Crippen LogP contribution in [0, 0.1) is 24.6 Å². The van der Waals surface area contributed by atoms with Crippen molar-refractivity contribution in [2.75, 3.05) is 31.2 Å². The molecule has 2 unspecified atom stereocenters. The molecule has 0 saturated carbocycles. The van der Waals surface area contributed by atoms with Crippen LogP contribution in [0.4, 0.5) is 10.1 Å². The molecule has 2 heterocycles. The van der Waals surface area contributed by atoms with Crippen molar-refractivity contribution in [1.82, 2.24) is 10.2 Å². The van der Waals surface area contributed by atoms with Crippen molar-refractivity contribution >= 4 is 23.2 Å². The van der Waals surface area contributed by atoms with E-state index in [2.05, 4.69) is 43.4 Å². The lowest BCUT2D eigenvalue weighted by molar-refractivity contribution is -0.136. The van der Waals surface area contributed by atoms with Crippen LogP contribution in [0.25, 0.3) is 0 Å². The van der Waals surface area contributed by atoms with Crippen molar-refractivity contribution in [2.24, 2.45) is 17.7 Å². The lowest BCUT2D eigenvalue weighted by atomic mass is 9.84. The van der Waals surface area contributed by atoms with Gasteiger partial charge in [0.1, 0.15) is 5.82 Å². The molecule has 2 aliphatic heterocycles. The summed E-state index contributed by atoms with van der Waals surface area (Å²) in [5, 5.41) is 5.11.